The first kappa shape index (κ1) is 14.0. The highest BCUT2D eigenvalue weighted by molar-refractivity contribution is 7.90. The van der Waals surface area contributed by atoms with Crippen molar-refractivity contribution in [3.63, 3.8) is 0 Å². The molecule has 6 nitrogen and oxygen atoms in total. The number of amides is 1. The fourth-order valence-corrected chi connectivity index (χ4v) is 2.81. The number of aryl methyl sites for hydroxylation is 1. The molecule has 0 unspecified atom stereocenters. The molecule has 104 valence electrons. The van der Waals surface area contributed by atoms with E-state index in [1.165, 1.54) is 18.3 Å². The number of pyridine rings is 1. The Balaban J connectivity index is 0.000000160. The number of hydrogen-bond acceptors (Lipinski definition) is 4. The predicted octanol–water partition coefficient (Wildman–Crippen LogP) is 0.747. The van der Waals surface area contributed by atoms with Gasteiger partial charge in [0.1, 0.15) is 4.90 Å². The molecule has 0 bridgehead atoms. The summed E-state index contributed by atoms with van der Waals surface area (Å²) in [4.78, 5) is 11.1. The Hall–Kier alpha value is -2.41. The Labute approximate surface area is 116 Å². The minimum atomic E-state index is -3.55. The van der Waals surface area contributed by atoms with E-state index in [0.717, 1.165) is 10.4 Å². The summed E-state index contributed by atoms with van der Waals surface area (Å²) >= 11 is 0. The van der Waals surface area contributed by atoms with Gasteiger partial charge in [0.05, 0.1) is 5.56 Å². The predicted molar refractivity (Wildman–Crippen MR) is 71.2 cm³/mol. The van der Waals surface area contributed by atoms with Gasteiger partial charge in [0.25, 0.3) is 15.9 Å². The highest BCUT2D eigenvalue weighted by Gasteiger charge is 2.31. The molecule has 1 amide bonds. The van der Waals surface area contributed by atoms with Crippen LogP contribution in [0, 0.1) is 12.1 Å². The van der Waals surface area contributed by atoms with E-state index in [4.69, 9.17) is 0 Å². The molecule has 1 aromatic carbocycles. The number of benzene rings is 1. The molecule has 0 saturated carbocycles. The summed E-state index contributed by atoms with van der Waals surface area (Å²) in [5.41, 5.74) is 0.949. The molecule has 0 radical (unpaired) electrons. The molecule has 0 atom stereocenters. The van der Waals surface area contributed by atoms with Gasteiger partial charge in [0.15, 0.2) is 11.9 Å². The molecule has 0 fully saturated rings. The summed E-state index contributed by atoms with van der Waals surface area (Å²) in [6.45, 7) is 1.77. The molecular weight excluding hydrogens is 280 g/mol. The number of hydrogen-bond donors (Lipinski definition) is 1. The molecule has 20 heavy (non-hydrogen) atoms. The van der Waals surface area contributed by atoms with Crippen molar-refractivity contribution in [2.75, 3.05) is 0 Å². The zero-order valence-electron chi connectivity index (χ0n) is 10.6. The Morgan fingerprint density at radius 2 is 1.75 bits per heavy atom. The van der Waals surface area contributed by atoms with Crippen molar-refractivity contribution in [1.29, 1.82) is 0 Å². The quantitative estimate of drug-likeness (QED) is 0.573. The van der Waals surface area contributed by atoms with Gasteiger partial charge in [0, 0.05) is 19.1 Å². The van der Waals surface area contributed by atoms with Gasteiger partial charge in [-0.15, -0.1) is 0 Å². The van der Waals surface area contributed by atoms with Crippen molar-refractivity contribution in [1.82, 2.24) is 4.72 Å². The van der Waals surface area contributed by atoms with Crippen LogP contribution in [0.25, 0.3) is 0 Å². The van der Waals surface area contributed by atoms with Crippen molar-refractivity contribution < 1.29 is 17.9 Å². The Morgan fingerprint density at radius 3 is 2.30 bits per heavy atom. The maximum absolute atomic E-state index is 11.1. The van der Waals surface area contributed by atoms with Crippen molar-refractivity contribution >= 4 is 15.9 Å². The summed E-state index contributed by atoms with van der Waals surface area (Å²) in [5, 5.41) is 10.5. The smallest absolute Gasteiger partial charge is 0.266 e. The maximum atomic E-state index is 11.1. The highest BCUT2D eigenvalue weighted by Crippen LogP contribution is 2.20. The number of sulfonamides is 1. The van der Waals surface area contributed by atoms with E-state index >= 15 is 0 Å². The van der Waals surface area contributed by atoms with Crippen LogP contribution in [0.15, 0.2) is 53.6 Å². The molecule has 1 aliphatic rings. The summed E-state index contributed by atoms with van der Waals surface area (Å²) in [5.74, 6) is -0.550. The van der Waals surface area contributed by atoms with Crippen LogP contribution >= 0.6 is 0 Å². The second kappa shape index (κ2) is 5.30. The van der Waals surface area contributed by atoms with Crippen LogP contribution in [0.4, 0.5) is 0 Å². The molecule has 2 heterocycles. The standard InChI is InChI=1S/C7H5NO3S.C6H7NO/c9-7-5-3-1-2-4-6(5)12(10,11)8-7;1-6-4-2-3-5-7(6)8/h1-4H,(H,8,9);2-5H,1H3. The van der Waals surface area contributed by atoms with Gasteiger partial charge in [-0.25, -0.2) is 13.1 Å². The monoisotopic (exact) mass is 292 g/mol. The highest BCUT2D eigenvalue weighted by atomic mass is 32.2. The second-order valence-corrected chi connectivity index (χ2v) is 5.75. The zero-order chi connectivity index (χ0) is 14.8. The van der Waals surface area contributed by atoms with Crippen LogP contribution in [0.3, 0.4) is 0 Å². The van der Waals surface area contributed by atoms with Crippen LogP contribution in [-0.4, -0.2) is 14.3 Å². The SMILES string of the molecule is Cc1cccc[n+]1[O-].O=C1NS(=O)(=O)c2ccccc21. The van der Waals surface area contributed by atoms with Crippen molar-refractivity contribution in [3.05, 3.63) is 65.1 Å². The number of rotatable bonds is 0. The lowest BCUT2D eigenvalue weighted by molar-refractivity contribution is -0.612. The molecule has 1 aliphatic heterocycles. The number of carbonyl (C=O) groups excluding carboxylic acids is 1. The Morgan fingerprint density at radius 1 is 1.10 bits per heavy atom. The van der Waals surface area contributed by atoms with Gasteiger partial charge in [-0.1, -0.05) is 18.2 Å². The average molecular weight is 292 g/mol. The summed E-state index contributed by atoms with van der Waals surface area (Å²) in [7, 11) is -3.55. The summed E-state index contributed by atoms with van der Waals surface area (Å²) in [6, 6.07) is 11.4. The molecule has 0 saturated heterocycles. The molecule has 7 heteroatoms. The van der Waals surface area contributed by atoms with E-state index in [1.807, 2.05) is 10.8 Å². The molecule has 0 aliphatic carbocycles. The van der Waals surface area contributed by atoms with Crippen molar-refractivity contribution in [2.45, 2.75) is 11.8 Å². The van der Waals surface area contributed by atoms with E-state index < -0.39 is 15.9 Å². The topological polar surface area (TPSA) is 90.2 Å². The average Bonchev–Trinajstić information content (AvgIpc) is 2.65. The van der Waals surface area contributed by atoms with E-state index in [0.29, 0.717) is 0 Å². The van der Waals surface area contributed by atoms with Gasteiger partial charge in [-0.3, -0.25) is 4.79 Å². The third kappa shape index (κ3) is 2.77. The zero-order valence-corrected chi connectivity index (χ0v) is 11.4. The number of fused-ring (bicyclic) bond motifs is 1. The molecule has 1 aromatic heterocycles. The maximum Gasteiger partial charge on any atom is 0.266 e. The van der Waals surface area contributed by atoms with E-state index in [2.05, 4.69) is 0 Å². The first-order chi connectivity index (χ1) is 9.42. The summed E-state index contributed by atoms with van der Waals surface area (Å²) in [6.07, 6.45) is 1.48. The molecule has 1 N–H and O–H groups in total. The van der Waals surface area contributed by atoms with Crippen LogP contribution in [0.5, 0.6) is 0 Å². The van der Waals surface area contributed by atoms with Crippen LogP contribution < -0.4 is 9.45 Å². The van der Waals surface area contributed by atoms with Gasteiger partial charge in [-0.2, -0.15) is 4.73 Å². The first-order valence-corrected chi connectivity index (χ1v) is 7.21. The third-order valence-corrected chi connectivity index (χ3v) is 4.06. The lowest BCUT2D eigenvalue weighted by Gasteiger charge is -1.95. The first-order valence-electron chi connectivity index (χ1n) is 5.73. The molecule has 2 aromatic rings. The van der Waals surface area contributed by atoms with Crippen molar-refractivity contribution in [2.24, 2.45) is 0 Å². The number of nitrogens with zero attached hydrogens (tertiary/aromatic N) is 1. The van der Waals surface area contributed by atoms with E-state index in [-0.39, 0.29) is 10.5 Å². The molecule has 3 rings (SSSR count). The van der Waals surface area contributed by atoms with Gasteiger partial charge in [-0.05, 0) is 12.1 Å². The van der Waals surface area contributed by atoms with Gasteiger partial charge < -0.3 is 5.21 Å². The fraction of sp³-hybridized carbons (Fsp3) is 0.0769. The number of carbonyl (C=O) groups is 1. The van der Waals surface area contributed by atoms with Gasteiger partial charge >= 0.3 is 0 Å². The molecular formula is C13H12N2O4S. The molecule has 0 spiro atoms. The van der Waals surface area contributed by atoms with E-state index in [9.17, 15) is 18.4 Å². The normalized spacial score (nSPS) is 14.8. The van der Waals surface area contributed by atoms with E-state index in [1.54, 1.807) is 31.2 Å². The Bertz CT molecular complexity index is 735. The lowest BCUT2D eigenvalue weighted by atomic mass is 10.2. The van der Waals surface area contributed by atoms with Crippen molar-refractivity contribution in [3.8, 4) is 0 Å². The van der Waals surface area contributed by atoms with Crippen LogP contribution in [-0.2, 0) is 10.0 Å². The minimum absolute atomic E-state index is 0.0648. The number of nitrogens with one attached hydrogen (secondary N) is 1. The van der Waals surface area contributed by atoms with Crippen LogP contribution in [0.1, 0.15) is 16.1 Å². The summed E-state index contributed by atoms with van der Waals surface area (Å²) < 4.78 is 25.0. The van der Waals surface area contributed by atoms with Crippen LogP contribution in [0.2, 0.25) is 0 Å². The van der Waals surface area contributed by atoms with Gasteiger partial charge in [0.2, 0.25) is 0 Å². The second-order valence-electron chi connectivity index (χ2n) is 4.10. The fourth-order valence-electron chi connectivity index (χ4n) is 1.63. The lowest BCUT2D eigenvalue weighted by Crippen LogP contribution is -2.28. The number of aromatic nitrogens is 1. The third-order valence-electron chi connectivity index (χ3n) is 2.67. The Kier molecular flexibility index (Phi) is 3.71. The minimum Gasteiger partial charge on any atom is -0.619 e. The largest absolute Gasteiger partial charge is 0.619 e.